The van der Waals surface area contributed by atoms with Gasteiger partial charge in [0.15, 0.2) is 11.4 Å². The van der Waals surface area contributed by atoms with Gasteiger partial charge in [-0.05, 0) is 19.1 Å². The Kier molecular flexibility index (Phi) is 3.27. The molecule has 0 fully saturated rings. The Hall–Kier alpha value is -3.15. The first-order valence-corrected chi connectivity index (χ1v) is 7.35. The predicted molar refractivity (Wildman–Crippen MR) is 85.1 cm³/mol. The fraction of sp³-hybridized carbons (Fsp3) is 0.118. The molecule has 0 atom stereocenters. The molecule has 0 aliphatic heterocycles. The molecule has 0 N–H and O–H groups in total. The van der Waals surface area contributed by atoms with Crippen LogP contribution in [-0.2, 0) is 0 Å². The van der Waals surface area contributed by atoms with E-state index in [2.05, 4.69) is 15.1 Å². The second-order valence-corrected chi connectivity index (χ2v) is 4.91. The lowest BCUT2D eigenvalue weighted by Crippen LogP contribution is -2.04. The van der Waals surface area contributed by atoms with Gasteiger partial charge in [-0.15, -0.1) is 0 Å². The highest BCUT2D eigenvalue weighted by molar-refractivity contribution is 5.66. The fourth-order valence-corrected chi connectivity index (χ4v) is 2.38. The van der Waals surface area contributed by atoms with Gasteiger partial charge in [-0.2, -0.15) is 19.6 Å². The second-order valence-electron chi connectivity index (χ2n) is 4.91. The van der Waals surface area contributed by atoms with Crippen LogP contribution in [0.2, 0.25) is 0 Å². The standard InChI is InChI=1S/C17H14N4O2/c1-2-22-17-18-15-11-13(12-7-4-3-5-8-12)20-21(15)16(19-17)14-9-6-10-23-14/h3-11H,2H2,1H3. The summed E-state index contributed by atoms with van der Waals surface area (Å²) in [5.74, 6) is 1.17. The molecule has 3 heterocycles. The van der Waals surface area contributed by atoms with Crippen molar-refractivity contribution in [1.82, 2.24) is 19.6 Å². The van der Waals surface area contributed by atoms with Gasteiger partial charge in [0, 0.05) is 11.6 Å². The van der Waals surface area contributed by atoms with Crippen molar-refractivity contribution < 1.29 is 9.15 Å². The normalized spacial score (nSPS) is 11.0. The summed E-state index contributed by atoms with van der Waals surface area (Å²) in [5, 5.41) is 4.62. The lowest BCUT2D eigenvalue weighted by molar-refractivity contribution is 0.312. The van der Waals surface area contributed by atoms with E-state index in [0.29, 0.717) is 29.8 Å². The molecule has 114 valence electrons. The molecule has 6 heteroatoms. The van der Waals surface area contributed by atoms with Crippen molar-refractivity contribution >= 4 is 5.65 Å². The summed E-state index contributed by atoms with van der Waals surface area (Å²) < 4.78 is 12.6. The number of benzene rings is 1. The minimum atomic E-state index is 0.311. The van der Waals surface area contributed by atoms with Crippen LogP contribution < -0.4 is 4.74 Å². The molecular weight excluding hydrogens is 292 g/mol. The number of fused-ring (bicyclic) bond motifs is 1. The maximum absolute atomic E-state index is 5.47. The van der Waals surface area contributed by atoms with Gasteiger partial charge in [-0.3, -0.25) is 0 Å². The first-order valence-electron chi connectivity index (χ1n) is 7.35. The van der Waals surface area contributed by atoms with Crippen LogP contribution in [0, 0.1) is 0 Å². The maximum atomic E-state index is 5.47. The minimum absolute atomic E-state index is 0.311. The van der Waals surface area contributed by atoms with E-state index < -0.39 is 0 Å². The zero-order valence-electron chi connectivity index (χ0n) is 12.5. The molecule has 0 radical (unpaired) electrons. The lowest BCUT2D eigenvalue weighted by Gasteiger charge is -2.04. The Morgan fingerprint density at radius 1 is 1.09 bits per heavy atom. The Balaban J connectivity index is 1.94. The number of hydrogen-bond donors (Lipinski definition) is 0. The summed E-state index contributed by atoms with van der Waals surface area (Å²) in [4.78, 5) is 8.82. The summed E-state index contributed by atoms with van der Waals surface area (Å²) in [7, 11) is 0. The van der Waals surface area contributed by atoms with Gasteiger partial charge in [-0.25, -0.2) is 0 Å². The number of ether oxygens (including phenoxy) is 1. The van der Waals surface area contributed by atoms with Gasteiger partial charge in [0.05, 0.1) is 18.6 Å². The van der Waals surface area contributed by atoms with E-state index in [0.717, 1.165) is 11.3 Å². The van der Waals surface area contributed by atoms with E-state index in [1.54, 1.807) is 10.8 Å². The third-order valence-corrected chi connectivity index (χ3v) is 3.39. The van der Waals surface area contributed by atoms with Crippen molar-refractivity contribution in [2.45, 2.75) is 6.92 Å². The minimum Gasteiger partial charge on any atom is -0.464 e. The van der Waals surface area contributed by atoms with Crippen LogP contribution in [0.4, 0.5) is 0 Å². The zero-order chi connectivity index (χ0) is 15.6. The topological polar surface area (TPSA) is 65.5 Å². The Bertz CT molecular complexity index is 930. The van der Waals surface area contributed by atoms with Gasteiger partial charge in [0.2, 0.25) is 5.82 Å². The number of furan rings is 1. The number of rotatable bonds is 4. The van der Waals surface area contributed by atoms with Crippen molar-refractivity contribution in [2.75, 3.05) is 6.61 Å². The second kappa shape index (κ2) is 5.57. The molecule has 0 aliphatic rings. The van der Waals surface area contributed by atoms with Crippen molar-refractivity contribution in [3.05, 3.63) is 54.8 Å². The molecule has 0 aliphatic carbocycles. The molecule has 23 heavy (non-hydrogen) atoms. The predicted octanol–water partition coefficient (Wildman–Crippen LogP) is 3.45. The summed E-state index contributed by atoms with van der Waals surface area (Å²) in [5.41, 5.74) is 2.50. The van der Waals surface area contributed by atoms with Gasteiger partial charge in [0.25, 0.3) is 0 Å². The van der Waals surface area contributed by atoms with Crippen LogP contribution in [0.5, 0.6) is 6.01 Å². The third kappa shape index (κ3) is 2.44. The number of hydrogen-bond acceptors (Lipinski definition) is 5. The molecule has 6 nitrogen and oxygen atoms in total. The molecule has 0 unspecified atom stereocenters. The SMILES string of the molecule is CCOc1nc(-c2ccco2)n2nc(-c3ccccc3)cc2n1. The van der Waals surface area contributed by atoms with Gasteiger partial charge in [-0.1, -0.05) is 30.3 Å². The van der Waals surface area contributed by atoms with Crippen LogP contribution in [0.25, 0.3) is 28.5 Å². The molecule has 4 aromatic rings. The van der Waals surface area contributed by atoms with Crippen molar-refractivity contribution in [1.29, 1.82) is 0 Å². The molecule has 4 rings (SSSR count). The third-order valence-electron chi connectivity index (χ3n) is 3.39. The van der Waals surface area contributed by atoms with Crippen molar-refractivity contribution in [2.24, 2.45) is 0 Å². The number of aromatic nitrogens is 4. The first-order chi connectivity index (χ1) is 11.3. The molecular formula is C17H14N4O2. The summed E-state index contributed by atoms with van der Waals surface area (Å²) >= 11 is 0. The summed E-state index contributed by atoms with van der Waals surface area (Å²) in [6.45, 7) is 2.39. The Morgan fingerprint density at radius 2 is 1.96 bits per heavy atom. The molecule has 0 saturated carbocycles. The highest BCUT2D eigenvalue weighted by atomic mass is 16.5. The van der Waals surface area contributed by atoms with Crippen molar-refractivity contribution in [3.63, 3.8) is 0 Å². The monoisotopic (exact) mass is 306 g/mol. The van der Waals surface area contributed by atoms with Crippen LogP contribution in [0.1, 0.15) is 6.92 Å². The van der Waals surface area contributed by atoms with E-state index in [1.807, 2.05) is 55.5 Å². The highest BCUT2D eigenvalue weighted by Crippen LogP contribution is 2.25. The van der Waals surface area contributed by atoms with Crippen LogP contribution in [0.15, 0.2) is 59.2 Å². The molecule has 3 aromatic heterocycles. The van der Waals surface area contributed by atoms with Gasteiger partial charge < -0.3 is 9.15 Å². The van der Waals surface area contributed by atoms with E-state index in [-0.39, 0.29) is 0 Å². The molecule has 0 spiro atoms. The van der Waals surface area contributed by atoms with Gasteiger partial charge >= 0.3 is 6.01 Å². The summed E-state index contributed by atoms with van der Waals surface area (Å²) in [6, 6.07) is 15.8. The first kappa shape index (κ1) is 13.5. The Morgan fingerprint density at radius 3 is 2.70 bits per heavy atom. The van der Waals surface area contributed by atoms with Crippen LogP contribution >= 0.6 is 0 Å². The van der Waals surface area contributed by atoms with E-state index in [9.17, 15) is 0 Å². The van der Waals surface area contributed by atoms with Gasteiger partial charge in [0.1, 0.15) is 0 Å². The average Bonchev–Trinajstić information content (AvgIpc) is 3.25. The quantitative estimate of drug-likeness (QED) is 0.578. The smallest absolute Gasteiger partial charge is 0.320 e. The van der Waals surface area contributed by atoms with Crippen molar-refractivity contribution in [3.8, 4) is 28.9 Å². The maximum Gasteiger partial charge on any atom is 0.320 e. The lowest BCUT2D eigenvalue weighted by atomic mass is 10.2. The molecule has 0 bridgehead atoms. The van der Waals surface area contributed by atoms with E-state index >= 15 is 0 Å². The fourth-order valence-electron chi connectivity index (χ4n) is 2.38. The molecule has 0 amide bonds. The largest absolute Gasteiger partial charge is 0.464 e. The van der Waals surface area contributed by atoms with Crippen LogP contribution in [0.3, 0.4) is 0 Å². The van der Waals surface area contributed by atoms with E-state index in [1.165, 1.54) is 0 Å². The van der Waals surface area contributed by atoms with Crippen LogP contribution in [-0.4, -0.2) is 26.2 Å². The summed E-state index contributed by atoms with van der Waals surface area (Å²) in [6.07, 6.45) is 1.60. The Labute approximate surface area is 132 Å². The average molecular weight is 306 g/mol. The molecule has 1 aromatic carbocycles. The van der Waals surface area contributed by atoms with E-state index in [4.69, 9.17) is 9.15 Å². The zero-order valence-corrected chi connectivity index (χ0v) is 12.5. The highest BCUT2D eigenvalue weighted by Gasteiger charge is 2.15. The molecule has 0 saturated heterocycles. The number of nitrogens with zero attached hydrogens (tertiary/aromatic N) is 4.